The van der Waals surface area contributed by atoms with Gasteiger partial charge in [0.25, 0.3) is 0 Å². The summed E-state index contributed by atoms with van der Waals surface area (Å²) in [5.41, 5.74) is 1.07. The zero-order valence-corrected chi connectivity index (χ0v) is 19.5. The molecule has 196 valence electrons. The van der Waals surface area contributed by atoms with Gasteiger partial charge in [-0.1, -0.05) is 12.1 Å². The minimum Gasteiger partial charge on any atom is -0.487 e. The number of nitrogens with zero attached hydrogens (tertiary/aromatic N) is 2. The zero-order chi connectivity index (χ0) is 26.7. The number of halogens is 3. The van der Waals surface area contributed by atoms with Crippen LogP contribution < -0.4 is 9.47 Å². The molecule has 1 atom stereocenters. The predicted molar refractivity (Wildman–Crippen MR) is 116 cm³/mol. The third kappa shape index (κ3) is 10.2. The molecule has 0 radical (unpaired) electrons. The van der Waals surface area contributed by atoms with Crippen molar-refractivity contribution in [3.8, 4) is 11.8 Å². The molecule has 0 aliphatic carbocycles. The summed E-state index contributed by atoms with van der Waals surface area (Å²) in [6, 6.07) is 5.73. The number of carboxylic acid groups (broad SMARTS) is 1. The summed E-state index contributed by atoms with van der Waals surface area (Å²) in [5.74, 6) is -2.32. The zero-order valence-electron chi connectivity index (χ0n) is 19.5. The van der Waals surface area contributed by atoms with Crippen LogP contribution in [0.2, 0.25) is 0 Å². The highest BCUT2D eigenvalue weighted by Gasteiger charge is 2.27. The Balaban J connectivity index is 2.21. The largest absolute Gasteiger partial charge is 0.487 e. The molecule has 2 rings (SSSR count). The molecule has 0 bridgehead atoms. The number of carboxylic acids is 1. The van der Waals surface area contributed by atoms with Gasteiger partial charge in [0.1, 0.15) is 19.0 Å². The van der Waals surface area contributed by atoms with Crippen LogP contribution in [-0.4, -0.2) is 58.5 Å². The molecule has 1 heterocycles. The van der Waals surface area contributed by atoms with Gasteiger partial charge in [0, 0.05) is 19.5 Å². The highest BCUT2D eigenvalue weighted by Crippen LogP contribution is 2.25. The number of hydrogen-bond acceptors (Lipinski definition) is 9. The maximum atomic E-state index is 12.3. The summed E-state index contributed by atoms with van der Waals surface area (Å²) in [4.78, 5) is 42.7. The minimum atomic E-state index is -4.38. The lowest BCUT2D eigenvalue weighted by Gasteiger charge is -2.18. The van der Waals surface area contributed by atoms with Crippen molar-refractivity contribution in [2.24, 2.45) is 0 Å². The summed E-state index contributed by atoms with van der Waals surface area (Å²) in [7, 11) is 0. The van der Waals surface area contributed by atoms with Crippen LogP contribution in [-0.2, 0) is 43.3 Å². The standard InChI is InChI=1S/C23H25F3N2O8/c1-3-33-21(32)19(36-14(2)29)12-16-10-15(11-20(30)31)4-5-18(16)35-13-17-6-8-27-22(28-17)34-9-7-23(24,25)26/h4-6,8,10,19H,3,7,9,11-13H2,1-2H3,(H,30,31)/t19-/m1/s1. The maximum absolute atomic E-state index is 12.3. The van der Waals surface area contributed by atoms with Gasteiger partial charge in [-0.05, 0) is 30.2 Å². The van der Waals surface area contributed by atoms with Crippen molar-refractivity contribution in [3.63, 3.8) is 0 Å². The fourth-order valence-electron chi connectivity index (χ4n) is 2.96. The lowest BCUT2D eigenvalue weighted by atomic mass is 10.0. The molecule has 0 unspecified atom stereocenters. The summed E-state index contributed by atoms with van der Waals surface area (Å²) in [5, 5.41) is 9.11. The fourth-order valence-corrected chi connectivity index (χ4v) is 2.96. The van der Waals surface area contributed by atoms with Crippen molar-refractivity contribution < 1.29 is 51.6 Å². The van der Waals surface area contributed by atoms with Crippen molar-refractivity contribution in [1.29, 1.82) is 0 Å². The number of esters is 2. The number of carbonyl (C=O) groups excluding carboxylic acids is 2. The molecule has 1 N–H and O–H groups in total. The van der Waals surface area contributed by atoms with E-state index in [-0.39, 0.29) is 43.5 Å². The van der Waals surface area contributed by atoms with Crippen LogP contribution in [0.1, 0.15) is 37.1 Å². The van der Waals surface area contributed by atoms with Crippen molar-refractivity contribution in [2.75, 3.05) is 13.2 Å². The Morgan fingerprint density at radius 2 is 1.89 bits per heavy atom. The van der Waals surface area contributed by atoms with E-state index in [1.165, 1.54) is 30.5 Å². The van der Waals surface area contributed by atoms with E-state index >= 15 is 0 Å². The summed E-state index contributed by atoms with van der Waals surface area (Å²) < 4.78 is 57.7. The number of rotatable bonds is 13. The first-order valence-electron chi connectivity index (χ1n) is 10.8. The highest BCUT2D eigenvalue weighted by molar-refractivity contribution is 5.79. The quantitative estimate of drug-likeness (QED) is 0.398. The first-order valence-corrected chi connectivity index (χ1v) is 10.8. The molecule has 0 amide bonds. The average molecular weight is 514 g/mol. The molecule has 0 fully saturated rings. The van der Waals surface area contributed by atoms with E-state index in [0.717, 1.165) is 6.92 Å². The van der Waals surface area contributed by atoms with Crippen molar-refractivity contribution >= 4 is 17.9 Å². The van der Waals surface area contributed by atoms with Crippen LogP contribution in [0.25, 0.3) is 0 Å². The lowest BCUT2D eigenvalue weighted by Crippen LogP contribution is -2.30. The van der Waals surface area contributed by atoms with Crippen LogP contribution in [0.3, 0.4) is 0 Å². The number of benzene rings is 1. The summed E-state index contributed by atoms with van der Waals surface area (Å²) in [6.45, 7) is 1.98. The molecule has 0 saturated carbocycles. The van der Waals surface area contributed by atoms with Gasteiger partial charge in [-0.3, -0.25) is 9.59 Å². The van der Waals surface area contributed by atoms with E-state index in [4.69, 9.17) is 24.1 Å². The van der Waals surface area contributed by atoms with Crippen LogP contribution in [0.4, 0.5) is 13.2 Å². The van der Waals surface area contributed by atoms with Crippen LogP contribution in [0.5, 0.6) is 11.8 Å². The van der Waals surface area contributed by atoms with Gasteiger partial charge in [0.15, 0.2) is 0 Å². The van der Waals surface area contributed by atoms with E-state index in [1.54, 1.807) is 6.92 Å². The maximum Gasteiger partial charge on any atom is 0.392 e. The molecular formula is C23H25F3N2O8. The van der Waals surface area contributed by atoms with Gasteiger partial charge in [-0.25, -0.2) is 9.78 Å². The molecule has 2 aromatic rings. The Morgan fingerprint density at radius 1 is 1.14 bits per heavy atom. The van der Waals surface area contributed by atoms with Crippen molar-refractivity contribution in [1.82, 2.24) is 9.97 Å². The minimum absolute atomic E-state index is 0.0557. The van der Waals surface area contributed by atoms with E-state index in [2.05, 4.69) is 9.97 Å². The van der Waals surface area contributed by atoms with Gasteiger partial charge in [0.2, 0.25) is 6.10 Å². The Bertz CT molecular complexity index is 1060. The van der Waals surface area contributed by atoms with Crippen molar-refractivity contribution in [3.05, 3.63) is 47.3 Å². The van der Waals surface area contributed by atoms with Gasteiger partial charge in [0.05, 0.1) is 25.1 Å². The topological polar surface area (TPSA) is 134 Å². The molecule has 1 aromatic heterocycles. The molecule has 0 aliphatic heterocycles. The predicted octanol–water partition coefficient (Wildman–Crippen LogP) is 3.05. The number of carbonyl (C=O) groups is 3. The first-order chi connectivity index (χ1) is 17.0. The van der Waals surface area contributed by atoms with Crippen LogP contribution >= 0.6 is 0 Å². The molecule has 0 spiro atoms. The average Bonchev–Trinajstić information content (AvgIpc) is 2.77. The highest BCUT2D eigenvalue weighted by atomic mass is 19.4. The Hall–Kier alpha value is -3.90. The molecular weight excluding hydrogens is 489 g/mol. The number of aromatic nitrogens is 2. The number of ether oxygens (including phenoxy) is 4. The number of hydrogen-bond donors (Lipinski definition) is 1. The lowest BCUT2D eigenvalue weighted by molar-refractivity contribution is -0.166. The summed E-state index contributed by atoms with van der Waals surface area (Å²) >= 11 is 0. The van der Waals surface area contributed by atoms with Crippen molar-refractivity contribution in [2.45, 2.75) is 52.0 Å². The number of aliphatic carboxylic acids is 1. The second-order valence-corrected chi connectivity index (χ2v) is 7.40. The molecule has 1 aromatic carbocycles. The Labute approximate surface area is 204 Å². The smallest absolute Gasteiger partial charge is 0.392 e. The van der Waals surface area contributed by atoms with Gasteiger partial charge in [-0.2, -0.15) is 18.2 Å². The monoisotopic (exact) mass is 514 g/mol. The van der Waals surface area contributed by atoms with E-state index in [0.29, 0.717) is 11.1 Å². The normalized spacial score (nSPS) is 11.9. The Kier molecular flexibility index (Phi) is 10.4. The molecule has 13 heteroatoms. The molecule has 36 heavy (non-hydrogen) atoms. The second kappa shape index (κ2) is 13.3. The van der Waals surface area contributed by atoms with E-state index < -0.39 is 43.2 Å². The van der Waals surface area contributed by atoms with Gasteiger partial charge >= 0.3 is 30.1 Å². The fraction of sp³-hybridized carbons (Fsp3) is 0.435. The molecule has 0 saturated heterocycles. The molecule has 0 aliphatic rings. The third-order valence-electron chi connectivity index (χ3n) is 4.43. The second-order valence-electron chi connectivity index (χ2n) is 7.40. The van der Waals surface area contributed by atoms with E-state index in [1.807, 2.05) is 0 Å². The van der Waals surface area contributed by atoms with Gasteiger partial charge < -0.3 is 24.1 Å². The SMILES string of the molecule is CCOC(=O)[C@@H](Cc1cc(CC(=O)O)ccc1OCc1ccnc(OCCC(F)(F)F)n1)OC(C)=O. The molecule has 10 nitrogen and oxygen atoms in total. The summed E-state index contributed by atoms with van der Waals surface area (Å²) in [6.07, 6.45) is -5.99. The van der Waals surface area contributed by atoms with Crippen LogP contribution in [0.15, 0.2) is 30.5 Å². The first kappa shape index (κ1) is 28.3. The number of alkyl halides is 3. The van der Waals surface area contributed by atoms with E-state index in [9.17, 15) is 27.6 Å². The van der Waals surface area contributed by atoms with Gasteiger partial charge in [-0.15, -0.1) is 0 Å². The third-order valence-corrected chi connectivity index (χ3v) is 4.43. The Morgan fingerprint density at radius 3 is 2.53 bits per heavy atom. The van der Waals surface area contributed by atoms with Crippen LogP contribution in [0, 0.1) is 0 Å².